The quantitative estimate of drug-likeness (QED) is 0.500. The van der Waals surface area contributed by atoms with Crippen molar-refractivity contribution in [3.63, 3.8) is 0 Å². The number of hydrogen-bond acceptors (Lipinski definition) is 3. The van der Waals surface area contributed by atoms with Crippen molar-refractivity contribution >= 4 is 39.4 Å². The first-order chi connectivity index (χ1) is 14.9. The fourth-order valence-electron chi connectivity index (χ4n) is 3.79. The van der Waals surface area contributed by atoms with Crippen LogP contribution in [0.1, 0.15) is 28.7 Å². The van der Waals surface area contributed by atoms with Crippen LogP contribution in [-0.4, -0.2) is 16.8 Å². The highest BCUT2D eigenvalue weighted by molar-refractivity contribution is 9.10. The molecule has 156 valence electrons. The molecule has 0 fully saturated rings. The van der Waals surface area contributed by atoms with Crippen LogP contribution in [0.5, 0.6) is 0 Å². The van der Waals surface area contributed by atoms with E-state index in [1.165, 1.54) is 6.08 Å². The lowest BCUT2D eigenvalue weighted by Crippen LogP contribution is -2.41. The minimum Gasteiger partial charge on any atom is -0.375 e. The molecule has 1 aliphatic heterocycles. The van der Waals surface area contributed by atoms with E-state index in [9.17, 15) is 14.7 Å². The number of amides is 1. The predicted octanol–water partition coefficient (Wildman–Crippen LogP) is 5.16. The monoisotopic (exact) mass is 475 g/mol. The maximum atomic E-state index is 13.4. The van der Waals surface area contributed by atoms with Crippen LogP contribution in [0, 0.1) is 6.92 Å². The lowest BCUT2D eigenvalue weighted by Gasteiger charge is -2.22. The number of carbonyl (C=O) groups excluding carboxylic acids is 2. The molecule has 1 heterocycles. The smallest absolute Gasteiger partial charge is 0.264 e. The summed E-state index contributed by atoms with van der Waals surface area (Å²) >= 11 is 3.42. The van der Waals surface area contributed by atoms with E-state index in [0.29, 0.717) is 17.8 Å². The second-order valence-corrected chi connectivity index (χ2v) is 8.70. The normalized spacial score (nSPS) is 17.9. The van der Waals surface area contributed by atoms with Crippen molar-refractivity contribution in [2.75, 3.05) is 4.90 Å². The maximum Gasteiger partial charge on any atom is 0.264 e. The summed E-state index contributed by atoms with van der Waals surface area (Å²) in [7, 11) is 0. The maximum absolute atomic E-state index is 13.4. The summed E-state index contributed by atoms with van der Waals surface area (Å²) in [5.74, 6) is -0.801. The average Bonchev–Trinajstić information content (AvgIpc) is 2.96. The van der Waals surface area contributed by atoms with Gasteiger partial charge in [-0.1, -0.05) is 82.2 Å². The minimum atomic E-state index is -1.90. The molecule has 31 heavy (non-hydrogen) atoms. The Labute approximate surface area is 190 Å². The summed E-state index contributed by atoms with van der Waals surface area (Å²) < 4.78 is 0.738. The van der Waals surface area contributed by atoms with Crippen molar-refractivity contribution in [1.29, 1.82) is 0 Å². The van der Waals surface area contributed by atoms with Crippen LogP contribution in [0.4, 0.5) is 5.69 Å². The SMILES string of the molecule is Cc1ccc(CN2C(=O)[C@@](O)(CC(=O)/C=C/c3ccccc3)c3cc(Br)ccc32)cc1. The van der Waals surface area contributed by atoms with Gasteiger partial charge in [-0.15, -0.1) is 0 Å². The predicted molar refractivity (Wildman–Crippen MR) is 126 cm³/mol. The molecule has 4 rings (SSSR count). The summed E-state index contributed by atoms with van der Waals surface area (Å²) in [5, 5.41) is 11.4. The van der Waals surface area contributed by atoms with Gasteiger partial charge in [0.15, 0.2) is 11.4 Å². The van der Waals surface area contributed by atoms with Crippen molar-refractivity contribution in [3.8, 4) is 0 Å². The van der Waals surface area contributed by atoms with Gasteiger partial charge < -0.3 is 10.0 Å². The van der Waals surface area contributed by atoms with Crippen molar-refractivity contribution < 1.29 is 14.7 Å². The Balaban J connectivity index is 1.63. The van der Waals surface area contributed by atoms with Crippen molar-refractivity contribution in [3.05, 3.63) is 106 Å². The topological polar surface area (TPSA) is 57.6 Å². The molecule has 5 heteroatoms. The summed E-state index contributed by atoms with van der Waals surface area (Å²) in [4.78, 5) is 27.6. The number of carbonyl (C=O) groups is 2. The molecule has 4 nitrogen and oxygen atoms in total. The van der Waals surface area contributed by atoms with E-state index in [4.69, 9.17) is 0 Å². The molecule has 0 unspecified atom stereocenters. The summed E-state index contributed by atoms with van der Waals surface area (Å²) in [6.45, 7) is 2.33. The lowest BCUT2D eigenvalue weighted by molar-refractivity contribution is -0.140. The van der Waals surface area contributed by atoms with Crippen molar-refractivity contribution in [2.45, 2.75) is 25.5 Å². The van der Waals surface area contributed by atoms with Crippen LogP contribution in [-0.2, 0) is 21.7 Å². The van der Waals surface area contributed by atoms with Gasteiger partial charge in [0.2, 0.25) is 0 Å². The second-order valence-electron chi connectivity index (χ2n) is 7.79. The fourth-order valence-corrected chi connectivity index (χ4v) is 4.15. The highest BCUT2D eigenvalue weighted by atomic mass is 79.9. The van der Waals surface area contributed by atoms with E-state index < -0.39 is 11.5 Å². The number of allylic oxidation sites excluding steroid dienone is 1. The molecule has 0 saturated carbocycles. The minimum absolute atomic E-state index is 0.316. The van der Waals surface area contributed by atoms with E-state index in [1.54, 1.807) is 23.1 Å². The number of ketones is 1. The van der Waals surface area contributed by atoms with Gasteiger partial charge in [-0.25, -0.2) is 0 Å². The van der Waals surface area contributed by atoms with E-state index in [1.807, 2.05) is 67.6 Å². The molecule has 0 saturated heterocycles. The summed E-state index contributed by atoms with van der Waals surface area (Å²) in [6, 6.07) is 22.7. The van der Waals surface area contributed by atoms with Gasteiger partial charge >= 0.3 is 0 Å². The molecule has 1 atom stereocenters. The van der Waals surface area contributed by atoms with Gasteiger partial charge in [0.05, 0.1) is 18.7 Å². The van der Waals surface area contributed by atoms with Crippen LogP contribution in [0.25, 0.3) is 6.08 Å². The third-order valence-corrected chi connectivity index (χ3v) is 5.94. The van der Waals surface area contributed by atoms with Gasteiger partial charge in [0, 0.05) is 10.0 Å². The van der Waals surface area contributed by atoms with Crippen LogP contribution in [0.3, 0.4) is 0 Å². The third kappa shape index (κ3) is 4.38. The molecule has 1 amide bonds. The first kappa shape index (κ1) is 21.2. The first-order valence-electron chi connectivity index (χ1n) is 10.0. The van der Waals surface area contributed by atoms with E-state index in [-0.39, 0.29) is 12.2 Å². The number of halogens is 1. The molecule has 0 spiro atoms. The van der Waals surface area contributed by atoms with Crippen LogP contribution in [0.2, 0.25) is 0 Å². The fraction of sp³-hybridized carbons (Fsp3) is 0.154. The van der Waals surface area contributed by atoms with E-state index >= 15 is 0 Å². The van der Waals surface area contributed by atoms with Gasteiger partial charge in [-0.2, -0.15) is 0 Å². The third-order valence-electron chi connectivity index (χ3n) is 5.45. The van der Waals surface area contributed by atoms with Gasteiger partial charge in [0.1, 0.15) is 0 Å². The molecule has 0 bridgehead atoms. The number of benzene rings is 3. The molecular formula is C26H22BrNO3. The van der Waals surface area contributed by atoms with Gasteiger partial charge in [0.25, 0.3) is 5.91 Å². The van der Waals surface area contributed by atoms with Crippen molar-refractivity contribution in [1.82, 2.24) is 0 Å². The molecule has 3 aromatic rings. The van der Waals surface area contributed by atoms with Crippen molar-refractivity contribution in [2.24, 2.45) is 0 Å². The largest absolute Gasteiger partial charge is 0.375 e. The Bertz CT molecular complexity index is 1160. The molecule has 3 aromatic carbocycles. The molecule has 1 N–H and O–H groups in total. The molecule has 1 aliphatic rings. The number of rotatable bonds is 6. The van der Waals surface area contributed by atoms with Gasteiger partial charge in [-0.05, 0) is 42.3 Å². The Morgan fingerprint density at radius 1 is 1.06 bits per heavy atom. The number of hydrogen-bond donors (Lipinski definition) is 1. The Morgan fingerprint density at radius 2 is 1.77 bits per heavy atom. The number of fused-ring (bicyclic) bond motifs is 1. The summed E-state index contributed by atoms with van der Waals surface area (Å²) in [6.07, 6.45) is 2.79. The number of aliphatic hydroxyl groups is 1. The standard InChI is InChI=1S/C26H22BrNO3/c1-18-7-9-20(10-8-18)17-28-24-14-12-21(27)15-23(24)26(31,25(28)30)16-22(29)13-11-19-5-3-2-4-6-19/h2-15,31H,16-17H2,1H3/b13-11+/t26-/m1/s1. The Kier molecular flexibility index (Phi) is 5.90. The lowest BCUT2D eigenvalue weighted by atomic mass is 9.89. The zero-order valence-corrected chi connectivity index (χ0v) is 18.7. The number of anilines is 1. The Morgan fingerprint density at radius 3 is 2.48 bits per heavy atom. The zero-order chi connectivity index (χ0) is 22.0. The number of nitrogens with zero attached hydrogens (tertiary/aromatic N) is 1. The van der Waals surface area contributed by atoms with E-state index in [2.05, 4.69) is 15.9 Å². The average molecular weight is 476 g/mol. The molecular weight excluding hydrogens is 454 g/mol. The highest BCUT2D eigenvalue weighted by Gasteiger charge is 2.50. The van der Waals surface area contributed by atoms with Crippen LogP contribution in [0.15, 0.2) is 83.3 Å². The second kappa shape index (κ2) is 8.61. The molecule has 0 aliphatic carbocycles. The van der Waals surface area contributed by atoms with Gasteiger partial charge in [-0.3, -0.25) is 9.59 Å². The van der Waals surface area contributed by atoms with Crippen LogP contribution >= 0.6 is 15.9 Å². The molecule has 0 aromatic heterocycles. The highest BCUT2D eigenvalue weighted by Crippen LogP contribution is 2.44. The summed E-state index contributed by atoms with van der Waals surface area (Å²) in [5.41, 5.74) is 2.13. The Hall–Kier alpha value is -3.02. The van der Waals surface area contributed by atoms with E-state index in [0.717, 1.165) is 21.2 Å². The molecule has 0 radical (unpaired) electrons. The zero-order valence-electron chi connectivity index (χ0n) is 17.1. The first-order valence-corrected chi connectivity index (χ1v) is 10.8. The number of aryl methyl sites for hydroxylation is 1. The van der Waals surface area contributed by atoms with Crippen LogP contribution < -0.4 is 4.90 Å².